The number of aryl methyl sites for hydroxylation is 1. The zero-order valence-corrected chi connectivity index (χ0v) is 12.5. The van der Waals surface area contributed by atoms with Gasteiger partial charge >= 0.3 is 0 Å². The summed E-state index contributed by atoms with van der Waals surface area (Å²) in [4.78, 5) is 13.8. The number of carbonyl (C=O) groups is 1. The lowest BCUT2D eigenvalue weighted by atomic mass is 9.99. The lowest BCUT2D eigenvalue weighted by Crippen LogP contribution is -2.35. The monoisotopic (exact) mass is 264 g/mol. The molecule has 19 heavy (non-hydrogen) atoms. The normalized spacial score (nSPS) is 11.3. The van der Waals surface area contributed by atoms with Crippen molar-refractivity contribution in [1.29, 1.82) is 0 Å². The zero-order valence-electron chi connectivity index (χ0n) is 12.5. The van der Waals surface area contributed by atoms with Gasteiger partial charge in [0.15, 0.2) is 0 Å². The van der Waals surface area contributed by atoms with Crippen LogP contribution in [0.1, 0.15) is 32.3 Å². The SMILES string of the molecule is COc1ccc(C)cc1N(C)C(=O)CCC(C)(C)N. The van der Waals surface area contributed by atoms with E-state index in [1.54, 1.807) is 19.1 Å². The van der Waals surface area contributed by atoms with E-state index < -0.39 is 0 Å². The molecule has 0 radical (unpaired) electrons. The summed E-state index contributed by atoms with van der Waals surface area (Å²) < 4.78 is 5.30. The minimum atomic E-state index is -0.326. The quantitative estimate of drug-likeness (QED) is 0.889. The molecule has 0 spiro atoms. The van der Waals surface area contributed by atoms with Crippen molar-refractivity contribution in [1.82, 2.24) is 0 Å². The third-order valence-electron chi connectivity index (χ3n) is 3.05. The van der Waals surface area contributed by atoms with Gasteiger partial charge in [-0.2, -0.15) is 0 Å². The predicted octanol–water partition coefficient (Wildman–Crippen LogP) is 2.48. The van der Waals surface area contributed by atoms with Crippen LogP contribution >= 0.6 is 0 Å². The van der Waals surface area contributed by atoms with Crippen LogP contribution in [0.3, 0.4) is 0 Å². The van der Waals surface area contributed by atoms with Gasteiger partial charge in [-0.05, 0) is 44.9 Å². The van der Waals surface area contributed by atoms with E-state index in [1.807, 2.05) is 39.0 Å². The minimum Gasteiger partial charge on any atom is -0.495 e. The highest BCUT2D eigenvalue weighted by Gasteiger charge is 2.18. The van der Waals surface area contributed by atoms with Crippen molar-refractivity contribution >= 4 is 11.6 Å². The summed E-state index contributed by atoms with van der Waals surface area (Å²) >= 11 is 0. The number of nitrogens with zero attached hydrogens (tertiary/aromatic N) is 1. The molecule has 4 nitrogen and oxygen atoms in total. The van der Waals surface area contributed by atoms with Crippen LogP contribution in [0, 0.1) is 6.92 Å². The van der Waals surface area contributed by atoms with Gasteiger partial charge in [-0.15, -0.1) is 0 Å². The molecule has 0 atom stereocenters. The number of ether oxygens (including phenoxy) is 1. The van der Waals surface area contributed by atoms with Gasteiger partial charge in [0.25, 0.3) is 0 Å². The fourth-order valence-corrected chi connectivity index (χ4v) is 1.79. The van der Waals surface area contributed by atoms with E-state index in [9.17, 15) is 4.79 Å². The van der Waals surface area contributed by atoms with Crippen LogP contribution in [0.15, 0.2) is 18.2 Å². The molecule has 4 heteroatoms. The molecule has 1 amide bonds. The molecule has 0 aliphatic carbocycles. The molecule has 0 aromatic heterocycles. The lowest BCUT2D eigenvalue weighted by Gasteiger charge is -2.23. The molecule has 2 N–H and O–H groups in total. The standard InChI is InChI=1S/C15H24N2O2/c1-11-6-7-13(19-5)12(10-11)17(4)14(18)8-9-15(2,3)16/h6-7,10H,8-9,16H2,1-5H3. The number of methoxy groups -OCH3 is 1. The molecule has 0 aliphatic rings. The largest absolute Gasteiger partial charge is 0.495 e. The Morgan fingerprint density at radius 2 is 2.05 bits per heavy atom. The van der Waals surface area contributed by atoms with Gasteiger partial charge in [0.2, 0.25) is 5.91 Å². The average molecular weight is 264 g/mol. The van der Waals surface area contributed by atoms with Crippen LogP contribution in [0.2, 0.25) is 0 Å². The smallest absolute Gasteiger partial charge is 0.226 e. The molecular weight excluding hydrogens is 240 g/mol. The summed E-state index contributed by atoms with van der Waals surface area (Å²) in [6, 6.07) is 5.79. The van der Waals surface area contributed by atoms with Crippen LogP contribution in [-0.4, -0.2) is 25.6 Å². The first-order valence-electron chi connectivity index (χ1n) is 6.44. The Bertz CT molecular complexity index is 450. The first-order valence-corrected chi connectivity index (χ1v) is 6.44. The molecular formula is C15H24N2O2. The molecule has 0 bridgehead atoms. The Hall–Kier alpha value is -1.55. The molecule has 0 unspecified atom stereocenters. The van der Waals surface area contributed by atoms with Crippen molar-refractivity contribution in [2.75, 3.05) is 19.1 Å². The van der Waals surface area contributed by atoms with Crippen LogP contribution in [0.5, 0.6) is 5.75 Å². The zero-order chi connectivity index (χ0) is 14.6. The third-order valence-corrected chi connectivity index (χ3v) is 3.05. The van der Waals surface area contributed by atoms with Gasteiger partial charge in [0.05, 0.1) is 12.8 Å². The molecule has 0 saturated heterocycles. The molecule has 1 aromatic carbocycles. The van der Waals surface area contributed by atoms with Crippen molar-refractivity contribution in [2.24, 2.45) is 5.73 Å². The first-order chi connectivity index (χ1) is 8.74. The number of hydrogen-bond donors (Lipinski definition) is 1. The molecule has 1 rings (SSSR count). The van der Waals surface area contributed by atoms with Gasteiger partial charge in [-0.1, -0.05) is 6.07 Å². The average Bonchev–Trinajstić information content (AvgIpc) is 2.34. The molecule has 106 valence electrons. The Kier molecular flexibility index (Phi) is 4.95. The number of carbonyl (C=O) groups excluding carboxylic acids is 1. The molecule has 0 aliphatic heterocycles. The third kappa shape index (κ3) is 4.56. The van der Waals surface area contributed by atoms with E-state index in [0.717, 1.165) is 11.3 Å². The number of rotatable bonds is 5. The van der Waals surface area contributed by atoms with Crippen LogP contribution < -0.4 is 15.4 Å². The number of nitrogens with two attached hydrogens (primary N) is 1. The second kappa shape index (κ2) is 6.06. The minimum absolute atomic E-state index is 0.0439. The molecule has 1 aromatic rings. The van der Waals surface area contributed by atoms with E-state index >= 15 is 0 Å². The van der Waals surface area contributed by atoms with Crippen LogP contribution in [0.25, 0.3) is 0 Å². The number of amides is 1. The summed E-state index contributed by atoms with van der Waals surface area (Å²) in [5, 5.41) is 0. The maximum Gasteiger partial charge on any atom is 0.226 e. The van der Waals surface area contributed by atoms with E-state index in [2.05, 4.69) is 0 Å². The molecule has 0 heterocycles. The molecule has 0 saturated carbocycles. The maximum atomic E-state index is 12.2. The number of benzene rings is 1. The fraction of sp³-hybridized carbons (Fsp3) is 0.533. The van der Waals surface area contributed by atoms with Gasteiger partial charge in [-0.25, -0.2) is 0 Å². The Balaban J connectivity index is 2.84. The Morgan fingerprint density at radius 1 is 1.42 bits per heavy atom. The van der Waals surface area contributed by atoms with Crippen molar-refractivity contribution in [2.45, 2.75) is 39.2 Å². The summed E-state index contributed by atoms with van der Waals surface area (Å²) in [7, 11) is 3.37. The van der Waals surface area contributed by atoms with E-state index in [0.29, 0.717) is 18.6 Å². The lowest BCUT2D eigenvalue weighted by molar-refractivity contribution is -0.118. The Labute approximate surface area is 115 Å². The summed E-state index contributed by atoms with van der Waals surface area (Å²) in [6.07, 6.45) is 1.08. The van der Waals surface area contributed by atoms with Crippen molar-refractivity contribution in [3.63, 3.8) is 0 Å². The van der Waals surface area contributed by atoms with Gasteiger partial charge in [0, 0.05) is 19.0 Å². The van der Waals surface area contributed by atoms with E-state index in [1.165, 1.54) is 0 Å². The first kappa shape index (κ1) is 15.5. The van der Waals surface area contributed by atoms with Gasteiger partial charge in [-0.3, -0.25) is 4.79 Å². The van der Waals surface area contributed by atoms with Gasteiger partial charge in [0.1, 0.15) is 5.75 Å². The van der Waals surface area contributed by atoms with E-state index in [4.69, 9.17) is 10.5 Å². The van der Waals surface area contributed by atoms with Crippen LogP contribution in [0.4, 0.5) is 5.69 Å². The second-order valence-corrected chi connectivity index (χ2v) is 5.62. The van der Waals surface area contributed by atoms with Crippen molar-refractivity contribution < 1.29 is 9.53 Å². The topological polar surface area (TPSA) is 55.6 Å². The molecule has 0 fully saturated rings. The maximum absolute atomic E-state index is 12.2. The number of anilines is 1. The summed E-state index contributed by atoms with van der Waals surface area (Å²) in [5.74, 6) is 0.746. The highest BCUT2D eigenvalue weighted by atomic mass is 16.5. The van der Waals surface area contributed by atoms with E-state index in [-0.39, 0.29) is 11.4 Å². The highest BCUT2D eigenvalue weighted by molar-refractivity contribution is 5.94. The highest BCUT2D eigenvalue weighted by Crippen LogP contribution is 2.29. The number of hydrogen-bond acceptors (Lipinski definition) is 3. The van der Waals surface area contributed by atoms with Crippen molar-refractivity contribution in [3.05, 3.63) is 23.8 Å². The summed E-state index contributed by atoms with van der Waals surface area (Å²) in [5.41, 5.74) is 7.47. The van der Waals surface area contributed by atoms with Crippen molar-refractivity contribution in [3.8, 4) is 5.75 Å². The van der Waals surface area contributed by atoms with Crippen LogP contribution in [-0.2, 0) is 4.79 Å². The summed E-state index contributed by atoms with van der Waals surface area (Å²) in [6.45, 7) is 5.84. The Morgan fingerprint density at radius 3 is 2.58 bits per heavy atom. The second-order valence-electron chi connectivity index (χ2n) is 5.62. The van der Waals surface area contributed by atoms with Gasteiger partial charge < -0.3 is 15.4 Å². The fourth-order valence-electron chi connectivity index (χ4n) is 1.79. The predicted molar refractivity (Wildman–Crippen MR) is 78.6 cm³/mol.